The van der Waals surface area contributed by atoms with Crippen LogP contribution in [0.1, 0.15) is 35.5 Å². The molecule has 1 aromatic carbocycles. The fraction of sp³-hybridized carbons (Fsp3) is 0.344. The first-order chi connectivity index (χ1) is 23.8. The minimum Gasteiger partial charge on any atom is -0.481 e. The van der Waals surface area contributed by atoms with E-state index in [2.05, 4.69) is 25.5 Å². The van der Waals surface area contributed by atoms with Gasteiger partial charge in [0.05, 0.1) is 40.8 Å². The van der Waals surface area contributed by atoms with Crippen molar-refractivity contribution in [3.05, 3.63) is 81.1 Å². The number of carbonyl (C=O) groups is 2. The number of amides is 2. The number of rotatable bonds is 8. The van der Waals surface area contributed by atoms with Gasteiger partial charge in [0.15, 0.2) is 5.82 Å². The maximum absolute atomic E-state index is 14.3. The molecule has 1 saturated heterocycles. The van der Waals surface area contributed by atoms with Crippen molar-refractivity contribution in [2.24, 2.45) is 7.05 Å². The van der Waals surface area contributed by atoms with E-state index in [0.717, 1.165) is 22.7 Å². The van der Waals surface area contributed by atoms with Gasteiger partial charge in [-0.1, -0.05) is 18.5 Å². The summed E-state index contributed by atoms with van der Waals surface area (Å²) in [4.78, 5) is 53.4. The number of aromatic nitrogens is 7. The Morgan fingerprint density at radius 2 is 1.94 bits per heavy atom. The van der Waals surface area contributed by atoms with Gasteiger partial charge in [-0.25, -0.2) is 4.98 Å². The zero-order chi connectivity index (χ0) is 35.9. The number of hydrogen-bond donors (Lipinski definition) is 1. The molecule has 5 aromatic rings. The number of ether oxygens (including phenoxy) is 1. The topological polar surface area (TPSA) is 145 Å². The Labute approximate surface area is 288 Å². The van der Waals surface area contributed by atoms with Crippen LogP contribution in [0, 0.1) is 0 Å². The highest BCUT2D eigenvalue weighted by Gasteiger charge is 2.34. The Bertz CT molecular complexity index is 2160. The van der Waals surface area contributed by atoms with Crippen LogP contribution in [-0.2, 0) is 31.0 Å². The van der Waals surface area contributed by atoms with Crippen LogP contribution in [0.15, 0.2) is 53.7 Å². The van der Waals surface area contributed by atoms with E-state index in [4.69, 9.17) is 16.3 Å². The molecule has 6 rings (SSSR count). The minimum absolute atomic E-state index is 0.0192. The minimum atomic E-state index is -4.61. The number of hydrogen-bond acceptors (Lipinski definition) is 9. The molecule has 0 bridgehead atoms. The van der Waals surface area contributed by atoms with Gasteiger partial charge in [-0.05, 0) is 37.6 Å². The summed E-state index contributed by atoms with van der Waals surface area (Å²) >= 11 is 6.12. The zero-order valence-corrected chi connectivity index (χ0v) is 28.2. The maximum atomic E-state index is 14.3. The maximum Gasteiger partial charge on any atom is 0.416 e. The van der Waals surface area contributed by atoms with Crippen molar-refractivity contribution in [3.63, 3.8) is 0 Å². The van der Waals surface area contributed by atoms with E-state index in [1.54, 1.807) is 39.5 Å². The molecule has 1 aliphatic rings. The van der Waals surface area contributed by atoms with Crippen molar-refractivity contribution < 1.29 is 27.5 Å². The van der Waals surface area contributed by atoms with Gasteiger partial charge in [0, 0.05) is 56.7 Å². The number of piperazine rings is 1. The van der Waals surface area contributed by atoms with E-state index >= 15 is 0 Å². The molecule has 4 aromatic heterocycles. The van der Waals surface area contributed by atoms with Gasteiger partial charge in [-0.15, -0.1) is 5.10 Å². The molecule has 0 spiro atoms. The number of carbonyl (C=O) groups excluding carboxylic acids is 2. The molecule has 2 amide bonds. The van der Waals surface area contributed by atoms with E-state index < -0.39 is 23.2 Å². The average Bonchev–Trinajstić information content (AvgIpc) is 3.73. The van der Waals surface area contributed by atoms with E-state index in [0.29, 0.717) is 48.8 Å². The van der Waals surface area contributed by atoms with Gasteiger partial charge in [0.2, 0.25) is 17.6 Å². The smallest absolute Gasteiger partial charge is 0.416 e. The number of benzene rings is 1. The monoisotopic (exact) mass is 712 g/mol. The average molecular weight is 713 g/mol. The third-order valence-corrected chi connectivity index (χ3v) is 8.70. The number of pyridine rings is 1. The highest BCUT2D eigenvalue weighted by molar-refractivity contribution is 6.33. The van der Waals surface area contributed by atoms with Crippen molar-refractivity contribution in [1.29, 1.82) is 0 Å². The molecule has 0 unspecified atom stereocenters. The SMILES string of the molecule is CCc1c(N2CCN(C(=O)c3cnn(C)c3)[C@H](C)C2)c(=O)n2nc(-c3ccnc(OC)c3)nc2n1CC(=O)Nc1ccc(C(F)(F)F)cc1Cl. The van der Waals surface area contributed by atoms with Crippen LogP contribution in [0.2, 0.25) is 5.02 Å². The van der Waals surface area contributed by atoms with Crippen LogP contribution in [-0.4, -0.2) is 83.4 Å². The Morgan fingerprint density at radius 3 is 2.58 bits per heavy atom. The molecular weight excluding hydrogens is 681 g/mol. The number of alkyl halides is 3. The summed E-state index contributed by atoms with van der Waals surface area (Å²) in [6.45, 7) is 4.24. The van der Waals surface area contributed by atoms with E-state index in [1.165, 1.54) is 19.5 Å². The highest BCUT2D eigenvalue weighted by Crippen LogP contribution is 2.34. The largest absolute Gasteiger partial charge is 0.481 e. The second-order valence-corrected chi connectivity index (χ2v) is 12.1. The number of aryl methyl sites for hydroxylation is 1. The van der Waals surface area contributed by atoms with Crippen molar-refractivity contribution >= 4 is 40.6 Å². The third-order valence-electron chi connectivity index (χ3n) is 8.39. The van der Waals surface area contributed by atoms with E-state index in [1.807, 2.05) is 18.7 Å². The molecule has 18 heteroatoms. The lowest BCUT2D eigenvalue weighted by Crippen LogP contribution is -2.55. The summed E-state index contributed by atoms with van der Waals surface area (Å²) in [7, 11) is 3.18. The summed E-state index contributed by atoms with van der Waals surface area (Å²) < 4.78 is 49.1. The molecule has 1 N–H and O–H groups in total. The van der Waals surface area contributed by atoms with Crippen LogP contribution < -0.4 is 20.5 Å². The van der Waals surface area contributed by atoms with Gasteiger partial charge in [-0.3, -0.25) is 19.1 Å². The Kier molecular flexibility index (Phi) is 9.26. The third kappa shape index (κ3) is 6.59. The Balaban J connectivity index is 1.40. The number of anilines is 2. The number of nitrogens with one attached hydrogen (secondary N) is 1. The number of methoxy groups -OCH3 is 1. The molecule has 5 heterocycles. The predicted molar refractivity (Wildman–Crippen MR) is 177 cm³/mol. The van der Waals surface area contributed by atoms with Crippen LogP contribution in [0.3, 0.4) is 0 Å². The summed E-state index contributed by atoms with van der Waals surface area (Å²) in [5, 5.41) is 10.9. The van der Waals surface area contributed by atoms with Gasteiger partial charge in [0.25, 0.3) is 11.5 Å². The molecule has 0 aliphatic carbocycles. The van der Waals surface area contributed by atoms with Gasteiger partial charge in [0.1, 0.15) is 12.2 Å². The fourth-order valence-electron chi connectivity index (χ4n) is 6.00. The molecule has 0 radical (unpaired) electrons. The van der Waals surface area contributed by atoms with Crippen molar-refractivity contribution in [1.82, 2.24) is 38.8 Å². The Hall–Kier alpha value is -5.45. The van der Waals surface area contributed by atoms with Gasteiger partial charge in [-0.2, -0.15) is 27.8 Å². The van der Waals surface area contributed by atoms with Crippen molar-refractivity contribution in [2.75, 3.05) is 37.0 Å². The molecule has 1 atom stereocenters. The summed E-state index contributed by atoms with van der Waals surface area (Å²) in [5.74, 6) is -0.281. The lowest BCUT2D eigenvalue weighted by molar-refractivity contribution is -0.137. The summed E-state index contributed by atoms with van der Waals surface area (Å²) in [5.41, 5.74) is 0.260. The lowest BCUT2D eigenvalue weighted by atomic mass is 10.1. The van der Waals surface area contributed by atoms with E-state index in [9.17, 15) is 27.6 Å². The number of halogens is 4. The second-order valence-electron chi connectivity index (χ2n) is 11.7. The van der Waals surface area contributed by atoms with E-state index in [-0.39, 0.29) is 46.5 Å². The number of fused-ring (bicyclic) bond motifs is 1. The van der Waals surface area contributed by atoms with Crippen molar-refractivity contribution in [2.45, 2.75) is 39.0 Å². The fourth-order valence-corrected chi connectivity index (χ4v) is 6.23. The predicted octanol–water partition coefficient (Wildman–Crippen LogP) is 3.92. The van der Waals surface area contributed by atoms with Crippen LogP contribution in [0.25, 0.3) is 17.2 Å². The highest BCUT2D eigenvalue weighted by atomic mass is 35.5. The molecule has 262 valence electrons. The molecule has 0 saturated carbocycles. The number of nitrogens with zero attached hydrogens (tertiary/aromatic N) is 9. The molecule has 50 heavy (non-hydrogen) atoms. The van der Waals surface area contributed by atoms with Crippen LogP contribution in [0.4, 0.5) is 24.5 Å². The van der Waals surface area contributed by atoms with Gasteiger partial charge >= 0.3 is 6.18 Å². The second kappa shape index (κ2) is 13.5. The Morgan fingerprint density at radius 1 is 1.16 bits per heavy atom. The first kappa shape index (κ1) is 34.4. The molecule has 1 fully saturated rings. The van der Waals surface area contributed by atoms with Crippen LogP contribution in [0.5, 0.6) is 5.88 Å². The summed E-state index contributed by atoms with van der Waals surface area (Å²) in [6.07, 6.45) is 0.340. The normalized spacial score (nSPS) is 15.1. The quantitative estimate of drug-likeness (QED) is 0.253. The zero-order valence-electron chi connectivity index (χ0n) is 27.4. The van der Waals surface area contributed by atoms with Crippen LogP contribution >= 0.6 is 11.6 Å². The standard InChI is InChI=1S/C32H32ClF3N10O4/c1-5-24-27(43-10-11-44(18(2)15-43)29(48)20-14-38-42(3)16-20)30(49)46-31(40-28(41-46)19-8-9-37-26(12-19)50-4)45(24)17-25(47)39-23-7-6-21(13-22(23)33)32(34,35)36/h6-9,12-14,16,18H,5,10-11,15,17H2,1-4H3,(H,39,47)/t18-/m1/s1. The van der Waals surface area contributed by atoms with Crippen molar-refractivity contribution in [3.8, 4) is 17.3 Å². The summed E-state index contributed by atoms with van der Waals surface area (Å²) in [6, 6.07) is 5.58. The molecule has 1 aliphatic heterocycles. The molecule has 14 nitrogen and oxygen atoms in total. The van der Waals surface area contributed by atoms with Gasteiger partial charge < -0.3 is 24.4 Å². The molecular formula is C32H32ClF3N10O4. The first-order valence-electron chi connectivity index (χ1n) is 15.5. The first-order valence-corrected chi connectivity index (χ1v) is 15.9. The lowest BCUT2D eigenvalue weighted by Gasteiger charge is -2.41.